The van der Waals surface area contributed by atoms with Gasteiger partial charge in [-0.15, -0.1) is 0 Å². The van der Waals surface area contributed by atoms with Crippen molar-refractivity contribution in [3.05, 3.63) is 34.9 Å². The van der Waals surface area contributed by atoms with Gasteiger partial charge in [-0.1, -0.05) is 31.0 Å². The number of likely N-dealkylation sites (N-methyl/N-ethyl adjacent to an activating group) is 1. The lowest BCUT2D eigenvalue weighted by Crippen LogP contribution is -2.34. The zero-order valence-corrected chi connectivity index (χ0v) is 11.6. The summed E-state index contributed by atoms with van der Waals surface area (Å²) in [7, 11) is 1.68. The smallest absolute Gasteiger partial charge is 0.294 e. The summed E-state index contributed by atoms with van der Waals surface area (Å²) in [4.78, 5) is 25.6. The Hall–Kier alpha value is -1.64. The molecular formula is C15H21NO2. The zero-order chi connectivity index (χ0) is 13.7. The van der Waals surface area contributed by atoms with E-state index in [1.165, 1.54) is 4.90 Å². The lowest BCUT2D eigenvalue weighted by atomic mass is 10.0. The maximum Gasteiger partial charge on any atom is 0.294 e. The van der Waals surface area contributed by atoms with E-state index in [1.807, 2.05) is 26.0 Å². The number of carbonyl (C=O) groups excluding carboxylic acids is 2. The summed E-state index contributed by atoms with van der Waals surface area (Å²) in [6, 6.07) is 5.60. The summed E-state index contributed by atoms with van der Waals surface area (Å²) in [5, 5.41) is 0. The number of nitrogens with zero attached hydrogens (tertiary/aromatic N) is 1. The molecule has 0 heterocycles. The van der Waals surface area contributed by atoms with Crippen molar-refractivity contribution in [2.45, 2.75) is 33.6 Å². The molecule has 0 atom stereocenters. The largest absolute Gasteiger partial charge is 0.339 e. The van der Waals surface area contributed by atoms with E-state index in [0.717, 1.165) is 24.0 Å². The Labute approximate surface area is 109 Å². The van der Waals surface area contributed by atoms with Gasteiger partial charge in [-0.05, 0) is 31.9 Å². The van der Waals surface area contributed by atoms with Crippen LogP contribution >= 0.6 is 0 Å². The van der Waals surface area contributed by atoms with E-state index in [2.05, 4.69) is 6.92 Å². The fourth-order valence-electron chi connectivity index (χ4n) is 1.77. The molecule has 0 fully saturated rings. The molecule has 0 saturated carbocycles. The third kappa shape index (κ3) is 3.42. The number of Topliss-reactive ketones (excluding diaryl/α,β-unsaturated/α-hetero) is 1. The van der Waals surface area contributed by atoms with Gasteiger partial charge in [-0.3, -0.25) is 9.59 Å². The molecule has 0 saturated heterocycles. The minimum absolute atomic E-state index is 0.408. The summed E-state index contributed by atoms with van der Waals surface area (Å²) < 4.78 is 0. The standard InChI is InChI=1S/C15H21NO2/c1-5-6-9-16(4)15(18)14(17)13-10-11(2)7-8-12(13)3/h7-8,10H,5-6,9H2,1-4H3. The summed E-state index contributed by atoms with van der Waals surface area (Å²) in [6.07, 6.45) is 1.93. The average molecular weight is 247 g/mol. The normalized spacial score (nSPS) is 10.2. The van der Waals surface area contributed by atoms with Crippen LogP contribution in [0.4, 0.5) is 0 Å². The summed E-state index contributed by atoms with van der Waals surface area (Å²) >= 11 is 0. The first-order valence-electron chi connectivity index (χ1n) is 6.34. The van der Waals surface area contributed by atoms with Gasteiger partial charge in [0.15, 0.2) is 0 Å². The van der Waals surface area contributed by atoms with Gasteiger partial charge in [0.1, 0.15) is 0 Å². The topological polar surface area (TPSA) is 37.4 Å². The molecule has 0 aliphatic rings. The van der Waals surface area contributed by atoms with Crippen LogP contribution in [0.5, 0.6) is 0 Å². The molecule has 0 N–H and O–H groups in total. The highest BCUT2D eigenvalue weighted by Crippen LogP contribution is 2.12. The number of benzene rings is 1. The second-order valence-corrected chi connectivity index (χ2v) is 4.73. The fourth-order valence-corrected chi connectivity index (χ4v) is 1.77. The second kappa shape index (κ2) is 6.34. The van der Waals surface area contributed by atoms with Crippen molar-refractivity contribution in [2.75, 3.05) is 13.6 Å². The third-order valence-electron chi connectivity index (χ3n) is 3.03. The van der Waals surface area contributed by atoms with Crippen LogP contribution in [0, 0.1) is 13.8 Å². The molecule has 0 aromatic heterocycles. The Balaban J connectivity index is 2.86. The highest BCUT2D eigenvalue weighted by atomic mass is 16.2. The average Bonchev–Trinajstić information content (AvgIpc) is 2.37. The van der Waals surface area contributed by atoms with Crippen LogP contribution in [0.15, 0.2) is 18.2 Å². The van der Waals surface area contributed by atoms with E-state index in [9.17, 15) is 9.59 Å². The number of ketones is 1. The van der Waals surface area contributed by atoms with Crippen LogP contribution < -0.4 is 0 Å². The fraction of sp³-hybridized carbons (Fsp3) is 0.467. The van der Waals surface area contributed by atoms with E-state index in [-0.39, 0.29) is 0 Å². The SMILES string of the molecule is CCCCN(C)C(=O)C(=O)c1cc(C)ccc1C. The molecule has 1 aromatic carbocycles. The van der Waals surface area contributed by atoms with Gasteiger partial charge < -0.3 is 4.90 Å². The summed E-state index contributed by atoms with van der Waals surface area (Å²) in [6.45, 7) is 6.46. The Morgan fingerprint density at radius 1 is 1.22 bits per heavy atom. The van der Waals surface area contributed by atoms with Crippen molar-refractivity contribution in [2.24, 2.45) is 0 Å². The molecular weight excluding hydrogens is 226 g/mol. The predicted molar refractivity (Wildman–Crippen MR) is 72.8 cm³/mol. The molecule has 1 rings (SSSR count). The Bertz CT molecular complexity index is 452. The van der Waals surface area contributed by atoms with E-state index in [1.54, 1.807) is 13.1 Å². The molecule has 0 bridgehead atoms. The lowest BCUT2D eigenvalue weighted by molar-refractivity contribution is -0.125. The zero-order valence-electron chi connectivity index (χ0n) is 11.6. The van der Waals surface area contributed by atoms with Gasteiger partial charge in [0.05, 0.1) is 0 Å². The third-order valence-corrected chi connectivity index (χ3v) is 3.03. The molecule has 0 aliphatic heterocycles. The number of aryl methyl sites for hydroxylation is 2. The lowest BCUT2D eigenvalue weighted by Gasteiger charge is -2.16. The van der Waals surface area contributed by atoms with Crippen LogP contribution in [-0.4, -0.2) is 30.2 Å². The van der Waals surface area contributed by atoms with Gasteiger partial charge in [0.2, 0.25) is 0 Å². The first-order valence-corrected chi connectivity index (χ1v) is 6.34. The quantitative estimate of drug-likeness (QED) is 0.592. The van der Waals surface area contributed by atoms with Crippen LogP contribution in [0.25, 0.3) is 0 Å². The molecule has 3 nitrogen and oxygen atoms in total. The minimum atomic E-state index is -0.419. The molecule has 0 spiro atoms. The van der Waals surface area contributed by atoms with E-state index in [0.29, 0.717) is 12.1 Å². The van der Waals surface area contributed by atoms with Gasteiger partial charge in [0.25, 0.3) is 11.7 Å². The number of hydrogen-bond acceptors (Lipinski definition) is 2. The van der Waals surface area contributed by atoms with E-state index >= 15 is 0 Å². The summed E-state index contributed by atoms with van der Waals surface area (Å²) in [5.41, 5.74) is 2.36. The van der Waals surface area contributed by atoms with Crippen molar-refractivity contribution >= 4 is 11.7 Å². The molecule has 18 heavy (non-hydrogen) atoms. The molecule has 1 aromatic rings. The highest BCUT2D eigenvalue weighted by Gasteiger charge is 2.21. The predicted octanol–water partition coefficient (Wildman–Crippen LogP) is 2.74. The summed E-state index contributed by atoms with van der Waals surface area (Å²) in [5.74, 6) is -0.827. The van der Waals surface area contributed by atoms with E-state index < -0.39 is 11.7 Å². The maximum atomic E-state index is 12.1. The number of rotatable bonds is 5. The monoisotopic (exact) mass is 247 g/mol. The van der Waals surface area contributed by atoms with Crippen LogP contribution in [0.3, 0.4) is 0 Å². The van der Waals surface area contributed by atoms with Gasteiger partial charge in [-0.2, -0.15) is 0 Å². The number of amides is 1. The van der Waals surface area contributed by atoms with Gasteiger partial charge in [-0.25, -0.2) is 0 Å². The molecule has 0 radical (unpaired) electrons. The van der Waals surface area contributed by atoms with Crippen molar-refractivity contribution in [3.63, 3.8) is 0 Å². The van der Waals surface area contributed by atoms with Crippen molar-refractivity contribution in [1.82, 2.24) is 4.90 Å². The first kappa shape index (κ1) is 14.4. The minimum Gasteiger partial charge on any atom is -0.339 e. The maximum absolute atomic E-state index is 12.1. The molecule has 98 valence electrons. The van der Waals surface area contributed by atoms with Gasteiger partial charge >= 0.3 is 0 Å². The molecule has 1 amide bonds. The second-order valence-electron chi connectivity index (χ2n) is 4.73. The van der Waals surface area contributed by atoms with Crippen LogP contribution in [-0.2, 0) is 4.79 Å². The van der Waals surface area contributed by atoms with Crippen LogP contribution in [0.2, 0.25) is 0 Å². The van der Waals surface area contributed by atoms with Crippen molar-refractivity contribution in [3.8, 4) is 0 Å². The van der Waals surface area contributed by atoms with Crippen molar-refractivity contribution in [1.29, 1.82) is 0 Å². The Morgan fingerprint density at radius 3 is 2.50 bits per heavy atom. The molecule has 0 unspecified atom stereocenters. The van der Waals surface area contributed by atoms with Crippen LogP contribution in [0.1, 0.15) is 41.3 Å². The number of hydrogen-bond donors (Lipinski definition) is 0. The number of unbranched alkanes of at least 4 members (excludes halogenated alkanes) is 1. The van der Waals surface area contributed by atoms with Gasteiger partial charge in [0, 0.05) is 19.2 Å². The Morgan fingerprint density at radius 2 is 1.89 bits per heavy atom. The Kier molecular flexibility index (Phi) is 5.08. The molecule has 0 aliphatic carbocycles. The van der Waals surface area contributed by atoms with Crippen molar-refractivity contribution < 1.29 is 9.59 Å². The number of carbonyl (C=O) groups is 2. The van der Waals surface area contributed by atoms with E-state index in [4.69, 9.17) is 0 Å². The highest BCUT2D eigenvalue weighted by molar-refractivity contribution is 6.43. The first-order chi connectivity index (χ1) is 8.47. The molecule has 3 heteroatoms.